The van der Waals surface area contributed by atoms with Gasteiger partial charge in [-0.3, -0.25) is 4.79 Å². The van der Waals surface area contributed by atoms with E-state index in [-0.39, 0.29) is 26.4 Å². The predicted molar refractivity (Wildman–Crippen MR) is 71.4 cm³/mol. The first-order chi connectivity index (χ1) is 10.1. The number of hydrogen-bond acceptors (Lipinski definition) is 8. The Morgan fingerprint density at radius 1 is 1.05 bits per heavy atom. The molecule has 1 unspecified atom stereocenters. The summed E-state index contributed by atoms with van der Waals surface area (Å²) in [4.78, 5) is 21.9. The van der Waals surface area contributed by atoms with Crippen molar-refractivity contribution < 1.29 is 38.4 Å². The van der Waals surface area contributed by atoms with Crippen LogP contribution in [0.5, 0.6) is 0 Å². The fourth-order valence-corrected chi connectivity index (χ4v) is 1.14. The first-order valence-electron chi connectivity index (χ1n) is 6.44. The van der Waals surface area contributed by atoms with Crippen molar-refractivity contribution in [3.8, 4) is 0 Å². The van der Waals surface area contributed by atoms with Crippen LogP contribution in [0.1, 0.15) is 6.92 Å². The van der Waals surface area contributed by atoms with Crippen LogP contribution in [0.2, 0.25) is 0 Å². The third-order valence-electron chi connectivity index (χ3n) is 1.95. The zero-order valence-corrected chi connectivity index (χ0v) is 12.1. The normalized spacial score (nSPS) is 11.7. The second-order valence-corrected chi connectivity index (χ2v) is 3.70. The minimum atomic E-state index is -1.11. The van der Waals surface area contributed by atoms with E-state index in [1.807, 2.05) is 0 Å². The molecule has 0 saturated carbocycles. The maximum atomic E-state index is 11.0. The van der Waals surface area contributed by atoms with Crippen molar-refractivity contribution in [2.75, 3.05) is 46.2 Å². The fraction of sp³-hybridized carbons (Fsp3) is 0.692. The third kappa shape index (κ3) is 13.3. The Kier molecular flexibility index (Phi) is 12.5. The van der Waals surface area contributed by atoms with Gasteiger partial charge in [0.15, 0.2) is 0 Å². The smallest absolute Gasteiger partial charge is 0.333 e. The predicted octanol–water partition coefficient (Wildman–Crippen LogP) is -0.353. The molecule has 0 spiro atoms. The molecule has 0 aliphatic rings. The van der Waals surface area contributed by atoms with E-state index >= 15 is 0 Å². The first kappa shape index (κ1) is 19.5. The van der Waals surface area contributed by atoms with E-state index in [4.69, 9.17) is 28.8 Å². The summed E-state index contributed by atoms with van der Waals surface area (Å²) >= 11 is 0. The van der Waals surface area contributed by atoms with Crippen molar-refractivity contribution in [2.45, 2.75) is 13.2 Å². The largest absolute Gasteiger partial charge is 0.423 e. The Labute approximate surface area is 123 Å². The van der Waals surface area contributed by atoms with Crippen LogP contribution < -0.4 is 0 Å². The average Bonchev–Trinajstić information content (AvgIpc) is 2.44. The number of rotatable bonds is 13. The Bertz CT molecular complexity index is 305. The molecule has 1 N–H and O–H groups in total. The second kappa shape index (κ2) is 13.5. The van der Waals surface area contributed by atoms with Gasteiger partial charge in [0.25, 0.3) is 6.29 Å². The van der Waals surface area contributed by atoms with Crippen molar-refractivity contribution in [2.24, 2.45) is 0 Å². The SMILES string of the molecule is C=CC(=O)OC(COCCOCCOCCO)OC(C)=O. The van der Waals surface area contributed by atoms with Crippen LogP contribution in [-0.2, 0) is 33.3 Å². The molecule has 0 bridgehead atoms. The number of esters is 2. The van der Waals surface area contributed by atoms with Gasteiger partial charge in [-0.05, 0) is 0 Å². The van der Waals surface area contributed by atoms with Gasteiger partial charge in [0.2, 0.25) is 0 Å². The van der Waals surface area contributed by atoms with Crippen molar-refractivity contribution in [3.05, 3.63) is 12.7 Å². The monoisotopic (exact) mass is 306 g/mol. The number of ether oxygens (including phenoxy) is 5. The number of hydrogen-bond donors (Lipinski definition) is 1. The summed E-state index contributed by atoms with van der Waals surface area (Å²) in [5, 5.41) is 8.47. The van der Waals surface area contributed by atoms with Gasteiger partial charge in [-0.1, -0.05) is 6.58 Å². The lowest BCUT2D eigenvalue weighted by Gasteiger charge is -2.16. The molecule has 1 atom stereocenters. The van der Waals surface area contributed by atoms with Gasteiger partial charge in [0.05, 0.1) is 39.6 Å². The van der Waals surface area contributed by atoms with Gasteiger partial charge < -0.3 is 28.8 Å². The zero-order chi connectivity index (χ0) is 15.9. The van der Waals surface area contributed by atoms with Crippen molar-refractivity contribution in [1.82, 2.24) is 0 Å². The number of aliphatic hydroxyl groups is 1. The fourth-order valence-electron chi connectivity index (χ4n) is 1.14. The molecule has 0 aromatic rings. The molecule has 0 saturated heterocycles. The summed E-state index contributed by atoms with van der Waals surface area (Å²) in [7, 11) is 0. The highest BCUT2D eigenvalue weighted by atomic mass is 16.7. The molecule has 0 aliphatic heterocycles. The summed E-state index contributed by atoms with van der Waals surface area (Å²) in [5.41, 5.74) is 0. The van der Waals surface area contributed by atoms with Crippen LogP contribution in [-0.4, -0.2) is 69.6 Å². The lowest BCUT2D eigenvalue weighted by Crippen LogP contribution is -2.28. The summed E-state index contributed by atoms with van der Waals surface area (Å²) in [6.07, 6.45) is -0.146. The van der Waals surface area contributed by atoms with Crippen molar-refractivity contribution in [3.63, 3.8) is 0 Å². The summed E-state index contributed by atoms with van der Waals surface area (Å²) in [6.45, 7) is 5.91. The van der Waals surface area contributed by atoms with E-state index in [1.54, 1.807) is 0 Å². The summed E-state index contributed by atoms with van der Waals surface area (Å²) in [5.74, 6) is -1.29. The topological polar surface area (TPSA) is 101 Å². The van der Waals surface area contributed by atoms with Crippen molar-refractivity contribution in [1.29, 1.82) is 0 Å². The zero-order valence-electron chi connectivity index (χ0n) is 12.1. The Morgan fingerprint density at radius 2 is 1.62 bits per heavy atom. The van der Waals surface area contributed by atoms with Gasteiger partial charge in [0.1, 0.15) is 6.61 Å². The average molecular weight is 306 g/mol. The van der Waals surface area contributed by atoms with Crippen LogP contribution in [0, 0.1) is 0 Å². The minimum Gasteiger partial charge on any atom is -0.423 e. The van der Waals surface area contributed by atoms with E-state index in [9.17, 15) is 9.59 Å². The highest BCUT2D eigenvalue weighted by molar-refractivity contribution is 5.81. The standard InChI is InChI=1S/C13H22O8/c1-3-12(16)21-13(20-11(2)15)10-19-9-8-18-7-6-17-5-4-14/h3,13-14H,1,4-10H2,2H3. The van der Waals surface area contributed by atoms with Gasteiger partial charge in [-0.25, -0.2) is 4.79 Å². The maximum absolute atomic E-state index is 11.0. The Balaban J connectivity index is 3.65. The molecule has 8 nitrogen and oxygen atoms in total. The van der Waals surface area contributed by atoms with E-state index < -0.39 is 18.2 Å². The number of carbonyl (C=O) groups excluding carboxylic acids is 2. The van der Waals surface area contributed by atoms with Crippen LogP contribution >= 0.6 is 0 Å². The highest BCUT2D eigenvalue weighted by Gasteiger charge is 2.15. The Hall–Kier alpha value is -1.48. The van der Waals surface area contributed by atoms with Crippen LogP contribution in [0.25, 0.3) is 0 Å². The van der Waals surface area contributed by atoms with Gasteiger partial charge in [-0.2, -0.15) is 0 Å². The van der Waals surface area contributed by atoms with E-state index in [1.165, 1.54) is 6.92 Å². The summed E-state index contributed by atoms with van der Waals surface area (Å²) < 4.78 is 24.9. The lowest BCUT2D eigenvalue weighted by atomic mass is 10.6. The van der Waals surface area contributed by atoms with Gasteiger partial charge in [-0.15, -0.1) is 0 Å². The maximum Gasteiger partial charge on any atom is 0.333 e. The number of carbonyl (C=O) groups is 2. The second-order valence-electron chi connectivity index (χ2n) is 3.70. The van der Waals surface area contributed by atoms with Crippen LogP contribution in [0.15, 0.2) is 12.7 Å². The molecular formula is C13H22O8. The highest BCUT2D eigenvalue weighted by Crippen LogP contribution is 1.99. The molecule has 0 aromatic carbocycles. The molecule has 0 aromatic heterocycles. The van der Waals surface area contributed by atoms with Gasteiger partial charge >= 0.3 is 11.9 Å². The van der Waals surface area contributed by atoms with Crippen molar-refractivity contribution >= 4 is 11.9 Å². The minimum absolute atomic E-state index is 0.0237. The van der Waals surface area contributed by atoms with Crippen LogP contribution in [0.3, 0.4) is 0 Å². The Morgan fingerprint density at radius 3 is 2.14 bits per heavy atom. The van der Waals surface area contributed by atoms with Gasteiger partial charge in [0, 0.05) is 13.0 Å². The molecule has 0 amide bonds. The first-order valence-corrected chi connectivity index (χ1v) is 6.44. The van der Waals surface area contributed by atoms with E-state index in [2.05, 4.69) is 6.58 Å². The molecule has 0 fully saturated rings. The molecule has 122 valence electrons. The quantitative estimate of drug-likeness (QED) is 0.213. The lowest BCUT2D eigenvalue weighted by molar-refractivity contribution is -0.193. The molecule has 8 heteroatoms. The third-order valence-corrected chi connectivity index (χ3v) is 1.95. The van der Waals surface area contributed by atoms with Crippen LogP contribution in [0.4, 0.5) is 0 Å². The molecule has 0 heterocycles. The molecule has 0 aliphatic carbocycles. The van der Waals surface area contributed by atoms with E-state index in [0.29, 0.717) is 19.8 Å². The van der Waals surface area contributed by atoms with E-state index in [0.717, 1.165) is 6.08 Å². The molecule has 21 heavy (non-hydrogen) atoms. The number of aliphatic hydroxyl groups excluding tert-OH is 1. The molecule has 0 rings (SSSR count). The molecular weight excluding hydrogens is 284 g/mol. The summed E-state index contributed by atoms with van der Waals surface area (Å²) in [6, 6.07) is 0. The molecule has 0 radical (unpaired) electrons.